The maximum atomic E-state index is 12.0. The zero-order valence-electron chi connectivity index (χ0n) is 8.42. The van der Waals surface area contributed by atoms with Crippen LogP contribution in [-0.4, -0.2) is 22.7 Å². The summed E-state index contributed by atoms with van der Waals surface area (Å²) < 4.78 is 36.1. The molecule has 3 nitrogen and oxygen atoms in total. The maximum absolute atomic E-state index is 12.0. The average Bonchev–Trinajstić information content (AvgIpc) is 2.25. The third kappa shape index (κ3) is 2.97. The van der Waals surface area contributed by atoms with Gasteiger partial charge in [0.05, 0.1) is 11.0 Å². The number of nitrogens with one attached hydrogen (secondary N) is 1. The molecule has 1 aromatic heterocycles. The first-order chi connectivity index (χ1) is 7.96. The standard InChI is InChI=1S/C10H7ClF3N3/c11-8-9(15-5-10(12,13)14)17-7-4-2-1-3-6(7)16-8/h1-4H,5H2,(H,15,17). The topological polar surface area (TPSA) is 37.8 Å². The number of hydrogen-bond acceptors (Lipinski definition) is 3. The van der Waals surface area contributed by atoms with Gasteiger partial charge in [-0.3, -0.25) is 0 Å². The summed E-state index contributed by atoms with van der Waals surface area (Å²) in [5.74, 6) is -0.0670. The number of anilines is 1. The van der Waals surface area contributed by atoms with Crippen LogP contribution in [0.5, 0.6) is 0 Å². The van der Waals surface area contributed by atoms with E-state index in [4.69, 9.17) is 11.6 Å². The predicted octanol–water partition coefficient (Wildman–Crippen LogP) is 3.26. The van der Waals surface area contributed by atoms with Crippen molar-refractivity contribution in [3.8, 4) is 0 Å². The summed E-state index contributed by atoms with van der Waals surface area (Å²) in [4.78, 5) is 7.92. The Labute approximate surface area is 99.6 Å². The summed E-state index contributed by atoms with van der Waals surface area (Å²) in [6, 6.07) is 6.80. The lowest BCUT2D eigenvalue weighted by atomic mass is 10.3. The lowest BCUT2D eigenvalue weighted by Gasteiger charge is -2.10. The lowest BCUT2D eigenvalue weighted by Crippen LogP contribution is -2.22. The molecular weight excluding hydrogens is 255 g/mol. The highest BCUT2D eigenvalue weighted by Gasteiger charge is 2.27. The Bertz CT molecular complexity index is 542. The van der Waals surface area contributed by atoms with E-state index >= 15 is 0 Å². The van der Waals surface area contributed by atoms with Crippen molar-refractivity contribution in [2.24, 2.45) is 0 Å². The van der Waals surface area contributed by atoms with Gasteiger partial charge >= 0.3 is 6.18 Å². The van der Waals surface area contributed by atoms with Crippen molar-refractivity contribution in [2.75, 3.05) is 11.9 Å². The Morgan fingerprint density at radius 1 is 1.12 bits per heavy atom. The van der Waals surface area contributed by atoms with Crippen molar-refractivity contribution in [1.82, 2.24) is 9.97 Å². The fourth-order valence-electron chi connectivity index (χ4n) is 1.27. The van der Waals surface area contributed by atoms with Gasteiger partial charge < -0.3 is 5.32 Å². The van der Waals surface area contributed by atoms with Crippen molar-refractivity contribution >= 4 is 28.5 Å². The molecule has 0 spiro atoms. The van der Waals surface area contributed by atoms with Crippen LogP contribution in [0, 0.1) is 0 Å². The van der Waals surface area contributed by atoms with Gasteiger partial charge in [0.2, 0.25) is 0 Å². The minimum absolute atomic E-state index is 0.0670. The quantitative estimate of drug-likeness (QED) is 0.902. The van der Waals surface area contributed by atoms with Crippen LogP contribution in [0.15, 0.2) is 24.3 Å². The summed E-state index contributed by atoms with van der Waals surface area (Å²) in [7, 11) is 0. The number of aromatic nitrogens is 2. The summed E-state index contributed by atoms with van der Waals surface area (Å²) >= 11 is 5.73. The molecule has 0 saturated carbocycles. The van der Waals surface area contributed by atoms with Crippen molar-refractivity contribution in [2.45, 2.75) is 6.18 Å². The number of hydrogen-bond donors (Lipinski definition) is 1. The number of fused-ring (bicyclic) bond motifs is 1. The fourth-order valence-corrected chi connectivity index (χ4v) is 1.48. The molecule has 90 valence electrons. The van der Waals surface area contributed by atoms with Crippen molar-refractivity contribution in [3.63, 3.8) is 0 Å². The largest absolute Gasteiger partial charge is 0.405 e. The second-order valence-electron chi connectivity index (χ2n) is 3.32. The molecule has 2 rings (SSSR count). The maximum Gasteiger partial charge on any atom is 0.405 e. The fraction of sp³-hybridized carbons (Fsp3) is 0.200. The van der Waals surface area contributed by atoms with Gasteiger partial charge in [-0.15, -0.1) is 0 Å². The van der Waals surface area contributed by atoms with E-state index in [1.165, 1.54) is 0 Å². The molecular formula is C10H7ClF3N3. The number of rotatable bonds is 2. The van der Waals surface area contributed by atoms with Gasteiger partial charge in [-0.2, -0.15) is 13.2 Å². The molecule has 0 saturated heterocycles. The highest BCUT2D eigenvalue weighted by atomic mass is 35.5. The Kier molecular flexibility index (Phi) is 3.06. The molecule has 0 bridgehead atoms. The van der Waals surface area contributed by atoms with Gasteiger partial charge in [0.25, 0.3) is 0 Å². The number of alkyl halides is 3. The van der Waals surface area contributed by atoms with E-state index in [0.29, 0.717) is 11.0 Å². The summed E-state index contributed by atoms with van der Waals surface area (Å²) in [5.41, 5.74) is 1.02. The molecule has 0 amide bonds. The van der Waals surface area contributed by atoms with Crippen LogP contribution < -0.4 is 5.32 Å². The van der Waals surface area contributed by atoms with Crippen LogP contribution in [0.3, 0.4) is 0 Å². The van der Waals surface area contributed by atoms with Gasteiger partial charge in [-0.1, -0.05) is 23.7 Å². The van der Waals surface area contributed by atoms with Crippen LogP contribution in [0.1, 0.15) is 0 Å². The second-order valence-corrected chi connectivity index (χ2v) is 3.68. The number of benzene rings is 1. The van der Waals surface area contributed by atoms with E-state index in [0.717, 1.165) is 0 Å². The van der Waals surface area contributed by atoms with Crippen molar-refractivity contribution < 1.29 is 13.2 Å². The number of nitrogens with zero attached hydrogens (tertiary/aromatic N) is 2. The van der Waals surface area contributed by atoms with Gasteiger partial charge in [0.1, 0.15) is 6.54 Å². The number of halogens is 4. The Hall–Kier alpha value is -1.56. The van der Waals surface area contributed by atoms with Crippen LogP contribution >= 0.6 is 11.6 Å². The molecule has 0 aliphatic rings. The predicted molar refractivity (Wildman–Crippen MR) is 59.1 cm³/mol. The smallest absolute Gasteiger partial charge is 0.359 e. The molecule has 7 heteroatoms. The van der Waals surface area contributed by atoms with Crippen LogP contribution in [-0.2, 0) is 0 Å². The Balaban J connectivity index is 2.31. The molecule has 0 atom stereocenters. The van der Waals surface area contributed by atoms with E-state index in [9.17, 15) is 13.2 Å². The molecule has 1 N–H and O–H groups in total. The zero-order valence-corrected chi connectivity index (χ0v) is 9.18. The van der Waals surface area contributed by atoms with Crippen molar-refractivity contribution in [1.29, 1.82) is 0 Å². The van der Waals surface area contributed by atoms with Gasteiger partial charge in [0, 0.05) is 0 Å². The minimum atomic E-state index is -4.32. The molecule has 1 aromatic carbocycles. The summed E-state index contributed by atoms with van der Waals surface area (Å²) in [5, 5.41) is 2.04. The molecule has 0 radical (unpaired) electrons. The summed E-state index contributed by atoms with van der Waals surface area (Å²) in [6.07, 6.45) is -4.32. The molecule has 0 fully saturated rings. The molecule has 0 unspecified atom stereocenters. The van der Waals surface area contributed by atoms with Gasteiger partial charge in [0.15, 0.2) is 11.0 Å². The normalized spacial score (nSPS) is 11.8. The lowest BCUT2D eigenvalue weighted by molar-refractivity contribution is -0.115. The monoisotopic (exact) mass is 261 g/mol. The van der Waals surface area contributed by atoms with E-state index in [-0.39, 0.29) is 11.0 Å². The van der Waals surface area contributed by atoms with E-state index < -0.39 is 12.7 Å². The van der Waals surface area contributed by atoms with Crippen LogP contribution in [0.2, 0.25) is 5.15 Å². The van der Waals surface area contributed by atoms with Crippen LogP contribution in [0.4, 0.5) is 19.0 Å². The SMILES string of the molecule is FC(F)(F)CNc1nc2ccccc2nc1Cl. The third-order valence-corrected chi connectivity index (χ3v) is 2.25. The average molecular weight is 262 g/mol. The molecule has 2 aromatic rings. The first-order valence-electron chi connectivity index (χ1n) is 4.68. The highest BCUT2D eigenvalue weighted by Crippen LogP contribution is 2.22. The van der Waals surface area contributed by atoms with E-state index in [2.05, 4.69) is 15.3 Å². The Morgan fingerprint density at radius 2 is 1.71 bits per heavy atom. The van der Waals surface area contributed by atoms with Gasteiger partial charge in [-0.25, -0.2) is 9.97 Å². The number of para-hydroxylation sites is 2. The molecule has 0 aliphatic carbocycles. The summed E-state index contributed by atoms with van der Waals surface area (Å²) in [6.45, 7) is -1.19. The zero-order chi connectivity index (χ0) is 12.5. The molecule has 0 aliphatic heterocycles. The Morgan fingerprint density at radius 3 is 2.29 bits per heavy atom. The first kappa shape index (κ1) is 11.9. The van der Waals surface area contributed by atoms with E-state index in [1.54, 1.807) is 24.3 Å². The van der Waals surface area contributed by atoms with Crippen LogP contribution in [0.25, 0.3) is 11.0 Å². The second kappa shape index (κ2) is 4.37. The van der Waals surface area contributed by atoms with Crippen molar-refractivity contribution in [3.05, 3.63) is 29.4 Å². The molecule has 17 heavy (non-hydrogen) atoms. The minimum Gasteiger partial charge on any atom is -0.359 e. The van der Waals surface area contributed by atoms with Gasteiger partial charge in [-0.05, 0) is 12.1 Å². The first-order valence-corrected chi connectivity index (χ1v) is 5.06. The molecule has 1 heterocycles. The van der Waals surface area contributed by atoms with E-state index in [1.807, 2.05) is 0 Å². The third-order valence-electron chi connectivity index (χ3n) is 1.98. The highest BCUT2D eigenvalue weighted by molar-refractivity contribution is 6.32.